The average Bonchev–Trinajstić information content (AvgIpc) is 2.43. The number of benzene rings is 2. The SMILES string of the molecule is C[C@H](Oc1cccc(Cl)c1)C(=O)Nc1c(Cl)cccc1Cl. The van der Waals surface area contributed by atoms with E-state index in [0.29, 0.717) is 26.5 Å². The second-order valence-corrected chi connectivity index (χ2v) is 5.55. The number of hydrogen-bond acceptors (Lipinski definition) is 2. The molecule has 1 N–H and O–H groups in total. The second-order valence-electron chi connectivity index (χ2n) is 4.30. The summed E-state index contributed by atoms with van der Waals surface area (Å²) < 4.78 is 5.53. The molecule has 0 radical (unpaired) electrons. The lowest BCUT2D eigenvalue weighted by molar-refractivity contribution is -0.122. The van der Waals surface area contributed by atoms with E-state index >= 15 is 0 Å². The topological polar surface area (TPSA) is 38.3 Å². The zero-order valence-corrected chi connectivity index (χ0v) is 13.3. The van der Waals surface area contributed by atoms with Crippen molar-refractivity contribution in [2.45, 2.75) is 13.0 Å². The van der Waals surface area contributed by atoms with Gasteiger partial charge in [0.25, 0.3) is 5.91 Å². The van der Waals surface area contributed by atoms with Crippen LogP contribution >= 0.6 is 34.8 Å². The van der Waals surface area contributed by atoms with Crippen LogP contribution in [0, 0.1) is 0 Å². The third-order valence-corrected chi connectivity index (χ3v) is 3.55. The number of para-hydroxylation sites is 1. The van der Waals surface area contributed by atoms with E-state index in [1.807, 2.05) is 0 Å². The summed E-state index contributed by atoms with van der Waals surface area (Å²) in [5, 5.41) is 3.92. The van der Waals surface area contributed by atoms with Crippen LogP contribution in [0.3, 0.4) is 0 Å². The summed E-state index contributed by atoms with van der Waals surface area (Å²) in [5.41, 5.74) is 0.368. The van der Waals surface area contributed by atoms with Crippen LogP contribution in [-0.2, 0) is 4.79 Å². The average molecular weight is 345 g/mol. The van der Waals surface area contributed by atoms with Gasteiger partial charge in [-0.15, -0.1) is 0 Å². The molecule has 0 fully saturated rings. The molecule has 2 aromatic rings. The lowest BCUT2D eigenvalue weighted by Crippen LogP contribution is -2.30. The number of halogens is 3. The number of ether oxygens (including phenoxy) is 1. The number of carbonyl (C=O) groups excluding carboxylic acids is 1. The van der Waals surface area contributed by atoms with E-state index in [9.17, 15) is 4.79 Å². The summed E-state index contributed by atoms with van der Waals surface area (Å²) in [6.07, 6.45) is -0.726. The maximum absolute atomic E-state index is 12.1. The summed E-state index contributed by atoms with van der Waals surface area (Å²) in [6, 6.07) is 11.8. The van der Waals surface area contributed by atoms with Gasteiger partial charge in [-0.25, -0.2) is 0 Å². The Bertz CT molecular complexity index is 641. The molecule has 110 valence electrons. The minimum absolute atomic E-state index is 0.357. The molecule has 3 nitrogen and oxygen atoms in total. The Hall–Kier alpha value is -1.42. The normalized spacial score (nSPS) is 11.8. The highest BCUT2D eigenvalue weighted by molar-refractivity contribution is 6.39. The van der Waals surface area contributed by atoms with Gasteiger partial charge in [-0.1, -0.05) is 46.9 Å². The molecule has 0 aliphatic heterocycles. The van der Waals surface area contributed by atoms with Crippen LogP contribution in [-0.4, -0.2) is 12.0 Å². The van der Waals surface area contributed by atoms with Crippen molar-refractivity contribution in [2.75, 3.05) is 5.32 Å². The smallest absolute Gasteiger partial charge is 0.265 e. The molecular formula is C15H12Cl3NO2. The van der Waals surface area contributed by atoms with Gasteiger partial charge in [0.2, 0.25) is 0 Å². The number of nitrogens with one attached hydrogen (secondary N) is 1. The third kappa shape index (κ3) is 4.27. The monoisotopic (exact) mass is 343 g/mol. The number of amides is 1. The fourth-order valence-corrected chi connectivity index (χ4v) is 2.31. The van der Waals surface area contributed by atoms with Crippen molar-refractivity contribution in [2.24, 2.45) is 0 Å². The molecule has 2 aromatic carbocycles. The van der Waals surface area contributed by atoms with Gasteiger partial charge in [0, 0.05) is 5.02 Å². The number of hydrogen-bond donors (Lipinski definition) is 1. The van der Waals surface area contributed by atoms with Crippen LogP contribution in [0.5, 0.6) is 5.75 Å². The molecule has 0 spiro atoms. The Morgan fingerprint density at radius 2 is 1.71 bits per heavy atom. The summed E-state index contributed by atoms with van der Waals surface area (Å²) >= 11 is 17.9. The fourth-order valence-electron chi connectivity index (χ4n) is 1.64. The highest BCUT2D eigenvalue weighted by Crippen LogP contribution is 2.30. The molecule has 1 atom stereocenters. The molecule has 0 aliphatic carbocycles. The first-order valence-corrected chi connectivity index (χ1v) is 7.28. The van der Waals surface area contributed by atoms with Crippen LogP contribution in [0.25, 0.3) is 0 Å². The first-order chi connectivity index (χ1) is 9.97. The summed E-state index contributed by atoms with van der Waals surface area (Å²) in [7, 11) is 0. The lowest BCUT2D eigenvalue weighted by Gasteiger charge is -2.16. The van der Waals surface area contributed by atoms with E-state index in [-0.39, 0.29) is 5.91 Å². The Balaban J connectivity index is 2.06. The summed E-state index contributed by atoms with van der Waals surface area (Å²) in [4.78, 5) is 12.1. The highest BCUT2D eigenvalue weighted by Gasteiger charge is 2.17. The third-order valence-electron chi connectivity index (χ3n) is 2.69. The number of anilines is 1. The second kappa shape index (κ2) is 7.03. The molecule has 0 aromatic heterocycles. The fraction of sp³-hybridized carbons (Fsp3) is 0.133. The molecule has 0 unspecified atom stereocenters. The van der Waals surface area contributed by atoms with Crippen LogP contribution < -0.4 is 10.1 Å². The molecule has 21 heavy (non-hydrogen) atoms. The number of rotatable bonds is 4. The van der Waals surface area contributed by atoms with Crippen molar-refractivity contribution in [3.8, 4) is 5.75 Å². The van der Waals surface area contributed by atoms with E-state index in [1.54, 1.807) is 49.4 Å². The van der Waals surface area contributed by atoms with E-state index in [4.69, 9.17) is 39.5 Å². The van der Waals surface area contributed by atoms with Crippen molar-refractivity contribution in [1.29, 1.82) is 0 Å². The lowest BCUT2D eigenvalue weighted by atomic mass is 10.3. The van der Waals surface area contributed by atoms with Gasteiger partial charge in [0.1, 0.15) is 5.75 Å². The zero-order chi connectivity index (χ0) is 15.4. The molecular weight excluding hydrogens is 333 g/mol. The van der Waals surface area contributed by atoms with Crippen LogP contribution in [0.1, 0.15) is 6.92 Å². The van der Waals surface area contributed by atoms with E-state index in [1.165, 1.54) is 0 Å². The van der Waals surface area contributed by atoms with Crippen molar-refractivity contribution in [3.63, 3.8) is 0 Å². The van der Waals surface area contributed by atoms with Crippen LogP contribution in [0.2, 0.25) is 15.1 Å². The maximum atomic E-state index is 12.1. The van der Waals surface area contributed by atoms with E-state index < -0.39 is 6.10 Å². The van der Waals surface area contributed by atoms with Gasteiger partial charge in [0.05, 0.1) is 15.7 Å². The van der Waals surface area contributed by atoms with Crippen LogP contribution in [0.15, 0.2) is 42.5 Å². The minimum atomic E-state index is -0.726. The summed E-state index contributed by atoms with van der Waals surface area (Å²) in [6.45, 7) is 1.63. The Morgan fingerprint density at radius 1 is 1.10 bits per heavy atom. The highest BCUT2D eigenvalue weighted by atomic mass is 35.5. The van der Waals surface area contributed by atoms with Crippen LogP contribution in [0.4, 0.5) is 5.69 Å². The summed E-state index contributed by atoms with van der Waals surface area (Å²) in [5.74, 6) is 0.153. The van der Waals surface area contributed by atoms with E-state index in [2.05, 4.69) is 5.32 Å². The predicted molar refractivity (Wildman–Crippen MR) is 86.6 cm³/mol. The van der Waals surface area contributed by atoms with Crippen molar-refractivity contribution < 1.29 is 9.53 Å². The van der Waals surface area contributed by atoms with Crippen molar-refractivity contribution in [3.05, 3.63) is 57.5 Å². The molecule has 0 heterocycles. The quantitative estimate of drug-likeness (QED) is 0.842. The molecule has 0 saturated heterocycles. The first-order valence-electron chi connectivity index (χ1n) is 6.14. The maximum Gasteiger partial charge on any atom is 0.265 e. The van der Waals surface area contributed by atoms with Crippen molar-refractivity contribution in [1.82, 2.24) is 0 Å². The van der Waals surface area contributed by atoms with Gasteiger partial charge >= 0.3 is 0 Å². The van der Waals surface area contributed by atoms with Crippen molar-refractivity contribution >= 4 is 46.4 Å². The Kier molecular flexibility index (Phi) is 5.34. The number of carbonyl (C=O) groups is 1. The van der Waals surface area contributed by atoms with Gasteiger partial charge < -0.3 is 10.1 Å². The molecule has 0 saturated carbocycles. The Morgan fingerprint density at radius 3 is 2.33 bits per heavy atom. The molecule has 1 amide bonds. The Labute approximate surface area is 137 Å². The van der Waals surface area contributed by atoms with Gasteiger partial charge in [0.15, 0.2) is 6.10 Å². The minimum Gasteiger partial charge on any atom is -0.481 e. The van der Waals surface area contributed by atoms with Gasteiger partial charge in [-0.2, -0.15) is 0 Å². The van der Waals surface area contributed by atoms with Gasteiger partial charge in [-0.3, -0.25) is 4.79 Å². The standard InChI is InChI=1S/C15H12Cl3NO2/c1-9(21-11-5-2-4-10(16)8-11)15(20)19-14-12(17)6-3-7-13(14)18/h2-9H,1H3,(H,19,20)/t9-/m0/s1. The molecule has 6 heteroatoms. The molecule has 0 aliphatic rings. The first kappa shape index (κ1) is 16.0. The zero-order valence-electron chi connectivity index (χ0n) is 11.1. The van der Waals surface area contributed by atoms with Gasteiger partial charge in [-0.05, 0) is 37.3 Å². The predicted octanol–water partition coefficient (Wildman–Crippen LogP) is 5.05. The largest absolute Gasteiger partial charge is 0.481 e. The molecule has 0 bridgehead atoms. The molecule has 2 rings (SSSR count). The van der Waals surface area contributed by atoms with E-state index in [0.717, 1.165) is 0 Å².